The first-order valence-corrected chi connectivity index (χ1v) is 10.3. The van der Waals surface area contributed by atoms with Gasteiger partial charge in [-0.25, -0.2) is 0 Å². The highest BCUT2D eigenvalue weighted by Gasteiger charge is 2.15. The molecule has 0 heterocycles. The molecule has 0 saturated carbocycles. The van der Waals surface area contributed by atoms with Crippen LogP contribution < -0.4 is 10.6 Å². The number of hydrogen-bond acceptors (Lipinski definition) is 4. The predicted molar refractivity (Wildman–Crippen MR) is 119 cm³/mol. The molecule has 0 aliphatic heterocycles. The second kappa shape index (κ2) is 10.9. The summed E-state index contributed by atoms with van der Waals surface area (Å²) in [7, 11) is 0. The summed E-state index contributed by atoms with van der Waals surface area (Å²) in [6.45, 7) is 1.34. The molecule has 2 amide bonds. The molecule has 31 heavy (non-hydrogen) atoms. The van der Waals surface area contributed by atoms with Crippen molar-refractivity contribution in [2.75, 3.05) is 13.2 Å². The molecule has 3 rings (SSSR count). The van der Waals surface area contributed by atoms with Gasteiger partial charge in [0.15, 0.2) is 6.61 Å². The summed E-state index contributed by atoms with van der Waals surface area (Å²) >= 11 is 0. The van der Waals surface area contributed by atoms with E-state index in [1.54, 1.807) is 12.1 Å². The first-order valence-electron chi connectivity index (χ1n) is 10.3. The van der Waals surface area contributed by atoms with E-state index in [9.17, 15) is 14.4 Å². The third kappa shape index (κ3) is 6.40. The van der Waals surface area contributed by atoms with Crippen LogP contribution in [0.15, 0.2) is 72.8 Å². The number of fused-ring (bicyclic) bond motifs is 1. The van der Waals surface area contributed by atoms with Crippen molar-refractivity contribution in [2.45, 2.75) is 25.8 Å². The third-order valence-electron chi connectivity index (χ3n) is 4.88. The molecule has 0 spiro atoms. The van der Waals surface area contributed by atoms with E-state index in [2.05, 4.69) is 10.6 Å². The molecule has 6 nitrogen and oxygen atoms in total. The van der Waals surface area contributed by atoms with Crippen LogP contribution in [0.2, 0.25) is 0 Å². The molecule has 1 atom stereocenters. The third-order valence-corrected chi connectivity index (χ3v) is 4.88. The Balaban J connectivity index is 1.45. The fourth-order valence-corrected chi connectivity index (χ4v) is 3.31. The van der Waals surface area contributed by atoms with Crippen LogP contribution in [-0.4, -0.2) is 30.9 Å². The lowest BCUT2D eigenvalue weighted by Crippen LogP contribution is -2.35. The monoisotopic (exact) mass is 418 g/mol. The smallest absolute Gasteiger partial charge is 0.325 e. The minimum atomic E-state index is -0.670. The molecule has 0 aromatic heterocycles. The van der Waals surface area contributed by atoms with Crippen molar-refractivity contribution in [1.29, 1.82) is 0 Å². The Hall–Kier alpha value is -3.67. The van der Waals surface area contributed by atoms with Crippen molar-refractivity contribution >= 4 is 28.6 Å². The highest BCUT2D eigenvalue weighted by molar-refractivity contribution is 5.99. The summed E-state index contributed by atoms with van der Waals surface area (Å²) in [6, 6.07) is 22.6. The van der Waals surface area contributed by atoms with Crippen LogP contribution in [-0.2, 0) is 14.3 Å². The molecule has 3 aromatic carbocycles. The summed E-state index contributed by atoms with van der Waals surface area (Å²) in [5.41, 5.74) is 1.46. The zero-order valence-electron chi connectivity index (χ0n) is 17.5. The maximum absolute atomic E-state index is 12.3. The van der Waals surface area contributed by atoms with Gasteiger partial charge in [0, 0.05) is 5.56 Å². The second-order valence-corrected chi connectivity index (χ2v) is 7.22. The zero-order chi connectivity index (χ0) is 22.1. The van der Waals surface area contributed by atoms with Crippen LogP contribution in [0.25, 0.3) is 10.8 Å². The van der Waals surface area contributed by atoms with E-state index in [0.717, 1.165) is 29.2 Å². The normalized spacial score (nSPS) is 11.5. The van der Waals surface area contributed by atoms with Crippen molar-refractivity contribution in [3.8, 4) is 0 Å². The molecular formula is C25H26N2O4. The molecule has 6 heteroatoms. The Morgan fingerprint density at radius 2 is 1.61 bits per heavy atom. The fraction of sp³-hybridized carbons (Fsp3) is 0.240. The molecular weight excluding hydrogens is 392 g/mol. The molecule has 0 aliphatic carbocycles. The predicted octanol–water partition coefficient (Wildman–Crippen LogP) is 3.77. The average molecular weight is 418 g/mol. The van der Waals surface area contributed by atoms with Gasteiger partial charge in [0.2, 0.25) is 0 Å². The van der Waals surface area contributed by atoms with E-state index in [1.165, 1.54) is 0 Å². The lowest BCUT2D eigenvalue weighted by atomic mass is 10.0. The number of ether oxygens (including phenoxy) is 1. The number of benzene rings is 3. The van der Waals surface area contributed by atoms with Crippen molar-refractivity contribution in [2.24, 2.45) is 0 Å². The van der Waals surface area contributed by atoms with Crippen LogP contribution in [0.1, 0.15) is 41.7 Å². The fourth-order valence-electron chi connectivity index (χ4n) is 3.31. The van der Waals surface area contributed by atoms with Gasteiger partial charge in [-0.2, -0.15) is 0 Å². The first-order chi connectivity index (χ1) is 15.1. The Labute approximate surface area is 181 Å². The molecule has 1 unspecified atom stereocenters. The van der Waals surface area contributed by atoms with E-state index in [4.69, 9.17) is 4.74 Å². The van der Waals surface area contributed by atoms with Crippen molar-refractivity contribution < 1.29 is 19.1 Å². The number of carbonyl (C=O) groups is 3. The Kier molecular flexibility index (Phi) is 7.76. The molecule has 3 aromatic rings. The van der Waals surface area contributed by atoms with Crippen LogP contribution in [0.5, 0.6) is 0 Å². The first kappa shape index (κ1) is 22.0. The van der Waals surface area contributed by atoms with E-state index >= 15 is 0 Å². The minimum Gasteiger partial charge on any atom is -0.454 e. The van der Waals surface area contributed by atoms with E-state index < -0.39 is 12.6 Å². The zero-order valence-corrected chi connectivity index (χ0v) is 17.5. The van der Waals surface area contributed by atoms with Gasteiger partial charge in [-0.05, 0) is 34.9 Å². The highest BCUT2D eigenvalue weighted by atomic mass is 16.5. The van der Waals surface area contributed by atoms with Crippen LogP contribution in [0.4, 0.5) is 0 Å². The lowest BCUT2D eigenvalue weighted by Gasteiger charge is -2.18. The Bertz CT molecular complexity index is 1050. The van der Waals surface area contributed by atoms with E-state index in [0.29, 0.717) is 5.56 Å². The van der Waals surface area contributed by atoms with Crippen LogP contribution >= 0.6 is 0 Å². The molecule has 0 radical (unpaired) electrons. The van der Waals surface area contributed by atoms with Gasteiger partial charge >= 0.3 is 5.97 Å². The van der Waals surface area contributed by atoms with Gasteiger partial charge in [0.25, 0.3) is 11.8 Å². The number of esters is 1. The van der Waals surface area contributed by atoms with Crippen molar-refractivity contribution in [1.82, 2.24) is 10.6 Å². The second-order valence-electron chi connectivity index (χ2n) is 7.22. The summed E-state index contributed by atoms with van der Waals surface area (Å²) in [4.78, 5) is 36.5. The van der Waals surface area contributed by atoms with E-state index in [-0.39, 0.29) is 24.4 Å². The Morgan fingerprint density at radius 1 is 0.903 bits per heavy atom. The van der Waals surface area contributed by atoms with Crippen molar-refractivity contribution in [3.63, 3.8) is 0 Å². The molecule has 2 N–H and O–H groups in total. The van der Waals surface area contributed by atoms with Gasteiger partial charge < -0.3 is 15.4 Å². The lowest BCUT2D eigenvalue weighted by molar-refractivity contribution is -0.147. The van der Waals surface area contributed by atoms with Gasteiger partial charge in [0.05, 0.1) is 6.04 Å². The number of nitrogens with one attached hydrogen (secondary N) is 2. The maximum Gasteiger partial charge on any atom is 0.325 e. The average Bonchev–Trinajstić information content (AvgIpc) is 2.81. The summed E-state index contributed by atoms with van der Waals surface area (Å²) in [5.74, 6) is -1.42. The summed E-state index contributed by atoms with van der Waals surface area (Å²) in [5, 5.41) is 7.39. The summed E-state index contributed by atoms with van der Waals surface area (Å²) in [6.07, 6.45) is 1.69. The number of rotatable bonds is 9. The largest absolute Gasteiger partial charge is 0.454 e. The minimum absolute atomic E-state index is 0.134. The van der Waals surface area contributed by atoms with Crippen LogP contribution in [0.3, 0.4) is 0 Å². The van der Waals surface area contributed by atoms with Crippen molar-refractivity contribution in [3.05, 3.63) is 83.9 Å². The standard InChI is InChI=1S/C25H26N2O4/c1-2-8-22(19-10-4-3-5-11-19)27-23(28)17-31-24(29)16-26-25(30)21-14-13-18-9-6-7-12-20(18)15-21/h3-7,9-15,22H,2,8,16-17H2,1H3,(H,26,30)(H,27,28). The number of carbonyl (C=O) groups excluding carboxylic acids is 3. The molecule has 0 fully saturated rings. The SMILES string of the molecule is CCCC(NC(=O)COC(=O)CNC(=O)c1ccc2ccccc2c1)c1ccccc1. The quantitative estimate of drug-likeness (QED) is 0.518. The Morgan fingerprint density at radius 3 is 2.35 bits per heavy atom. The summed E-state index contributed by atoms with van der Waals surface area (Å²) < 4.78 is 5.01. The number of hydrogen-bond donors (Lipinski definition) is 2. The molecule has 0 saturated heterocycles. The number of amides is 2. The molecule has 0 bridgehead atoms. The highest BCUT2D eigenvalue weighted by Crippen LogP contribution is 2.18. The van der Waals surface area contributed by atoms with Gasteiger partial charge in [-0.1, -0.05) is 74.0 Å². The van der Waals surface area contributed by atoms with Gasteiger partial charge in [0.1, 0.15) is 6.54 Å². The maximum atomic E-state index is 12.3. The van der Waals surface area contributed by atoms with E-state index in [1.807, 2.05) is 67.6 Å². The van der Waals surface area contributed by atoms with Gasteiger partial charge in [-0.3, -0.25) is 14.4 Å². The molecule has 160 valence electrons. The van der Waals surface area contributed by atoms with Gasteiger partial charge in [-0.15, -0.1) is 0 Å². The van der Waals surface area contributed by atoms with Crippen LogP contribution in [0, 0.1) is 0 Å². The topological polar surface area (TPSA) is 84.5 Å². The molecule has 0 aliphatic rings.